The molecule has 0 saturated carbocycles. The number of ether oxygens (including phenoxy) is 1. The molecule has 2 heterocycles. The smallest absolute Gasteiger partial charge is 0.251 e. The molecule has 0 unspecified atom stereocenters. The van der Waals surface area contributed by atoms with Crippen LogP contribution in [0.2, 0.25) is 0 Å². The van der Waals surface area contributed by atoms with Gasteiger partial charge < -0.3 is 25.2 Å². The first-order chi connectivity index (χ1) is 16.7. The van der Waals surface area contributed by atoms with Gasteiger partial charge in [0.2, 0.25) is 11.9 Å². The van der Waals surface area contributed by atoms with Crippen LogP contribution in [0.15, 0.2) is 54.7 Å². The number of nitrogens with one attached hydrogen (secondary N) is 2. The van der Waals surface area contributed by atoms with Crippen LogP contribution in [0.1, 0.15) is 29.8 Å². The van der Waals surface area contributed by atoms with Crippen molar-refractivity contribution in [2.75, 3.05) is 42.9 Å². The van der Waals surface area contributed by atoms with Crippen LogP contribution >= 0.6 is 0 Å². The molecule has 9 heteroatoms. The molecule has 0 aliphatic carbocycles. The fraction of sp³-hybridized carbons (Fsp3) is 0.308. The van der Waals surface area contributed by atoms with Gasteiger partial charge in [0.1, 0.15) is 11.4 Å². The van der Waals surface area contributed by atoms with Gasteiger partial charge in [-0.15, -0.1) is 0 Å². The van der Waals surface area contributed by atoms with Crippen LogP contribution in [0.5, 0.6) is 5.75 Å². The van der Waals surface area contributed by atoms with E-state index in [4.69, 9.17) is 9.72 Å². The second-order valence-corrected chi connectivity index (χ2v) is 9.11. The summed E-state index contributed by atoms with van der Waals surface area (Å²) in [7, 11) is 4.87. The molecule has 2 N–H and O–H groups in total. The summed E-state index contributed by atoms with van der Waals surface area (Å²) in [6, 6.07) is 15.2. The molecular formula is C26H30N6O3. The van der Waals surface area contributed by atoms with Crippen molar-refractivity contribution in [2.24, 2.45) is 5.41 Å². The molecule has 0 fully saturated rings. The van der Waals surface area contributed by atoms with Crippen LogP contribution in [-0.4, -0.2) is 49.5 Å². The lowest BCUT2D eigenvalue weighted by molar-refractivity contribution is -0.125. The molecule has 1 aliphatic rings. The minimum atomic E-state index is -0.614. The lowest BCUT2D eigenvalue weighted by Crippen LogP contribution is -2.42. The molecule has 1 aromatic heterocycles. The first kappa shape index (κ1) is 24.0. The Balaban J connectivity index is 1.73. The molecule has 2 amide bonds. The number of carbonyl (C=O) groups is 2. The Bertz CT molecular complexity index is 1250. The number of amides is 2. The maximum atomic E-state index is 13.2. The van der Waals surface area contributed by atoms with Crippen molar-refractivity contribution >= 4 is 35.0 Å². The molecular weight excluding hydrogens is 444 g/mol. The number of hydrogen-bond donors (Lipinski definition) is 2. The maximum Gasteiger partial charge on any atom is 0.251 e. The van der Waals surface area contributed by atoms with E-state index in [0.29, 0.717) is 47.5 Å². The summed E-state index contributed by atoms with van der Waals surface area (Å²) >= 11 is 0. The van der Waals surface area contributed by atoms with Gasteiger partial charge in [-0.05, 0) is 37.6 Å². The fourth-order valence-corrected chi connectivity index (χ4v) is 4.21. The molecule has 0 saturated heterocycles. The van der Waals surface area contributed by atoms with Crippen molar-refractivity contribution in [1.29, 1.82) is 0 Å². The van der Waals surface area contributed by atoms with Crippen LogP contribution in [0.3, 0.4) is 0 Å². The van der Waals surface area contributed by atoms with E-state index >= 15 is 0 Å². The quantitative estimate of drug-likeness (QED) is 0.563. The molecule has 35 heavy (non-hydrogen) atoms. The third-order valence-corrected chi connectivity index (χ3v) is 6.03. The lowest BCUT2D eigenvalue weighted by atomic mass is 9.91. The van der Waals surface area contributed by atoms with Gasteiger partial charge in [0, 0.05) is 32.7 Å². The number of hydrogen-bond acceptors (Lipinski definition) is 7. The summed E-state index contributed by atoms with van der Waals surface area (Å²) < 4.78 is 5.48. The van der Waals surface area contributed by atoms with Crippen LogP contribution in [0.4, 0.5) is 23.1 Å². The van der Waals surface area contributed by atoms with Crippen molar-refractivity contribution in [2.45, 2.75) is 20.4 Å². The van der Waals surface area contributed by atoms with Gasteiger partial charge in [0.15, 0.2) is 5.82 Å². The van der Waals surface area contributed by atoms with Crippen LogP contribution in [0.25, 0.3) is 0 Å². The van der Waals surface area contributed by atoms with Crippen molar-refractivity contribution < 1.29 is 14.3 Å². The third-order valence-electron chi connectivity index (χ3n) is 6.03. The standard InChI is InChI=1S/C26H30N6O3/c1-26(2)16-32(15-17-9-7-6-8-10-17)22-20(31(4)24(26)34)14-28-25(30-22)29-19-12-11-18(23(33)27-3)13-21(19)35-5/h6-14H,15-16H2,1-5H3,(H,27,33)(H,28,29,30). The van der Waals surface area contributed by atoms with E-state index in [9.17, 15) is 9.59 Å². The summed E-state index contributed by atoms with van der Waals surface area (Å²) in [5, 5.41) is 5.80. The molecule has 0 radical (unpaired) electrons. The zero-order chi connectivity index (χ0) is 25.2. The Hall–Kier alpha value is -4.14. The minimum absolute atomic E-state index is 0.00470. The van der Waals surface area contributed by atoms with Crippen molar-refractivity contribution in [1.82, 2.24) is 15.3 Å². The van der Waals surface area contributed by atoms with Crippen molar-refractivity contribution in [3.63, 3.8) is 0 Å². The number of fused-ring (bicyclic) bond motifs is 1. The Morgan fingerprint density at radius 2 is 1.91 bits per heavy atom. The van der Waals surface area contributed by atoms with Crippen LogP contribution in [-0.2, 0) is 11.3 Å². The highest BCUT2D eigenvalue weighted by atomic mass is 16.5. The predicted octanol–water partition coefficient (Wildman–Crippen LogP) is 3.60. The average Bonchev–Trinajstić information content (AvgIpc) is 2.93. The molecule has 1 aliphatic heterocycles. The van der Waals surface area contributed by atoms with E-state index in [0.717, 1.165) is 5.56 Å². The number of methoxy groups -OCH3 is 1. The van der Waals surface area contributed by atoms with Crippen LogP contribution in [0, 0.1) is 5.41 Å². The summed E-state index contributed by atoms with van der Waals surface area (Å²) in [4.78, 5) is 38.2. The van der Waals surface area contributed by atoms with E-state index in [1.165, 1.54) is 7.11 Å². The third kappa shape index (κ3) is 4.89. The number of anilines is 4. The Morgan fingerprint density at radius 3 is 2.60 bits per heavy atom. The van der Waals surface area contributed by atoms with Crippen molar-refractivity contribution in [3.8, 4) is 5.75 Å². The summed E-state index contributed by atoms with van der Waals surface area (Å²) in [6.45, 7) is 4.99. The van der Waals surface area contributed by atoms with Gasteiger partial charge in [-0.2, -0.15) is 4.98 Å². The summed E-state index contributed by atoms with van der Waals surface area (Å²) in [5.41, 5.74) is 2.24. The number of carbonyl (C=O) groups excluding carboxylic acids is 2. The Kier molecular flexibility index (Phi) is 6.59. The average molecular weight is 475 g/mol. The van der Waals surface area contributed by atoms with Gasteiger partial charge in [-0.3, -0.25) is 9.59 Å². The topological polar surface area (TPSA) is 99.7 Å². The first-order valence-corrected chi connectivity index (χ1v) is 11.3. The zero-order valence-corrected chi connectivity index (χ0v) is 20.6. The highest BCUT2D eigenvalue weighted by Gasteiger charge is 2.39. The van der Waals surface area contributed by atoms with Gasteiger partial charge >= 0.3 is 0 Å². The second kappa shape index (κ2) is 9.61. The Labute approximate surface area is 205 Å². The highest BCUT2D eigenvalue weighted by Crippen LogP contribution is 2.38. The van der Waals surface area contributed by atoms with Gasteiger partial charge in [0.05, 0.1) is 24.4 Å². The van der Waals surface area contributed by atoms with E-state index in [1.54, 1.807) is 43.4 Å². The van der Waals surface area contributed by atoms with E-state index in [2.05, 4.69) is 32.7 Å². The van der Waals surface area contributed by atoms with Gasteiger partial charge in [-0.1, -0.05) is 30.3 Å². The molecule has 3 aromatic rings. The monoisotopic (exact) mass is 474 g/mol. The molecule has 9 nitrogen and oxygen atoms in total. The summed E-state index contributed by atoms with van der Waals surface area (Å²) in [5.74, 6) is 1.30. The SMILES string of the molecule is CNC(=O)c1ccc(Nc2ncc3c(n2)N(Cc2ccccc2)CC(C)(C)C(=O)N3C)c(OC)c1. The minimum Gasteiger partial charge on any atom is -0.495 e. The van der Waals surface area contributed by atoms with E-state index in [-0.39, 0.29) is 11.8 Å². The van der Waals surface area contributed by atoms with Gasteiger partial charge in [-0.25, -0.2) is 4.98 Å². The fourth-order valence-electron chi connectivity index (χ4n) is 4.21. The molecule has 0 spiro atoms. The van der Waals surface area contributed by atoms with E-state index < -0.39 is 5.41 Å². The summed E-state index contributed by atoms with van der Waals surface area (Å²) in [6.07, 6.45) is 1.66. The molecule has 4 rings (SSSR count). The largest absolute Gasteiger partial charge is 0.495 e. The molecule has 2 aromatic carbocycles. The van der Waals surface area contributed by atoms with Crippen LogP contribution < -0.4 is 25.2 Å². The number of nitrogens with zero attached hydrogens (tertiary/aromatic N) is 4. The Morgan fingerprint density at radius 1 is 1.17 bits per heavy atom. The number of rotatable bonds is 6. The normalized spacial score (nSPS) is 14.7. The van der Waals surface area contributed by atoms with Crippen molar-refractivity contribution in [3.05, 3.63) is 65.9 Å². The molecule has 0 atom stereocenters. The molecule has 182 valence electrons. The second-order valence-electron chi connectivity index (χ2n) is 9.11. The van der Waals surface area contributed by atoms with E-state index in [1.807, 2.05) is 32.0 Å². The lowest BCUT2D eigenvalue weighted by Gasteiger charge is -2.29. The maximum absolute atomic E-state index is 13.2. The predicted molar refractivity (Wildman–Crippen MR) is 136 cm³/mol. The zero-order valence-electron chi connectivity index (χ0n) is 20.6. The first-order valence-electron chi connectivity index (χ1n) is 11.3. The van der Waals surface area contributed by atoms with Gasteiger partial charge in [0.25, 0.3) is 5.91 Å². The molecule has 0 bridgehead atoms. The number of benzene rings is 2. The highest BCUT2D eigenvalue weighted by molar-refractivity contribution is 6.00. The number of aromatic nitrogens is 2.